The van der Waals surface area contributed by atoms with Gasteiger partial charge in [-0.05, 0) is 42.5 Å². The van der Waals surface area contributed by atoms with Gasteiger partial charge in [-0.1, -0.05) is 5.21 Å². The molecule has 5 rings (SSSR count). The number of hydrogen-bond donors (Lipinski definition) is 5. The van der Waals surface area contributed by atoms with Gasteiger partial charge in [-0.25, -0.2) is 19.5 Å². The molecule has 2 aromatic carbocycles. The van der Waals surface area contributed by atoms with Gasteiger partial charge in [0.25, 0.3) is 0 Å². The molecule has 15 heteroatoms. The van der Waals surface area contributed by atoms with E-state index in [9.17, 15) is 28.0 Å². The molecular formula is C23H18F3N9O3. The average molecular weight is 525 g/mol. The molecule has 38 heavy (non-hydrogen) atoms. The van der Waals surface area contributed by atoms with E-state index in [-0.39, 0.29) is 22.4 Å². The Morgan fingerprint density at radius 3 is 2.53 bits per heavy atom. The van der Waals surface area contributed by atoms with Crippen LogP contribution in [0.3, 0.4) is 0 Å². The van der Waals surface area contributed by atoms with E-state index >= 15 is 0 Å². The summed E-state index contributed by atoms with van der Waals surface area (Å²) in [6.45, 7) is 0. The fourth-order valence-electron chi connectivity index (χ4n) is 3.75. The number of carbonyl (C=O) groups excluding carboxylic acids is 1. The predicted molar refractivity (Wildman–Crippen MR) is 131 cm³/mol. The highest BCUT2D eigenvalue weighted by Crippen LogP contribution is 2.33. The SMILES string of the molecule is O=C(Nc1ccc(NC2c3c([nH]ccc3=O)N=CN2O)cc1)Nc1cc(C(F)(F)F)ccc1-n1ccnn1. The number of anilines is 3. The summed E-state index contributed by atoms with van der Waals surface area (Å²) < 4.78 is 41.0. The molecule has 0 fully saturated rings. The zero-order chi connectivity index (χ0) is 26.9. The van der Waals surface area contributed by atoms with E-state index < -0.39 is 23.9 Å². The number of fused-ring (bicyclic) bond motifs is 1. The van der Waals surface area contributed by atoms with Crippen molar-refractivity contribution in [1.82, 2.24) is 25.0 Å². The number of halogens is 3. The molecule has 2 amide bonds. The first-order valence-corrected chi connectivity index (χ1v) is 10.9. The van der Waals surface area contributed by atoms with Gasteiger partial charge in [0.05, 0.1) is 34.9 Å². The van der Waals surface area contributed by atoms with Crippen LogP contribution in [0.5, 0.6) is 0 Å². The van der Waals surface area contributed by atoms with Crippen LogP contribution in [-0.4, -0.2) is 42.6 Å². The Bertz CT molecular complexity index is 1550. The first-order chi connectivity index (χ1) is 18.2. The number of carbonyl (C=O) groups is 1. The third kappa shape index (κ3) is 5.03. The largest absolute Gasteiger partial charge is 0.416 e. The van der Waals surface area contributed by atoms with Gasteiger partial charge in [0, 0.05) is 23.6 Å². The summed E-state index contributed by atoms with van der Waals surface area (Å²) >= 11 is 0. The van der Waals surface area contributed by atoms with Crippen LogP contribution in [0.25, 0.3) is 5.69 Å². The van der Waals surface area contributed by atoms with Crippen molar-refractivity contribution in [3.05, 3.63) is 88.5 Å². The second kappa shape index (κ2) is 9.70. The van der Waals surface area contributed by atoms with Crippen molar-refractivity contribution in [2.24, 2.45) is 4.99 Å². The molecule has 3 heterocycles. The minimum Gasteiger partial charge on any atom is -0.359 e. The van der Waals surface area contributed by atoms with E-state index in [4.69, 9.17) is 0 Å². The second-order valence-electron chi connectivity index (χ2n) is 8.01. The van der Waals surface area contributed by atoms with Gasteiger partial charge in [-0.3, -0.25) is 10.0 Å². The van der Waals surface area contributed by atoms with Crippen molar-refractivity contribution >= 4 is 35.2 Å². The standard InChI is InChI=1S/C23H18F3N9O3/c24-23(25,26)13-1-6-17(34-10-9-29-33-34)16(11-13)32-22(37)31-15-4-2-14(3-5-15)30-21-19-18(36)7-8-27-20(19)28-12-35(21)38/h1-12,21,30,38H,(H,27,36)(H2,31,32,37). The van der Waals surface area contributed by atoms with Crippen LogP contribution in [0.1, 0.15) is 17.3 Å². The topological polar surface area (TPSA) is 153 Å². The molecule has 4 aromatic rings. The highest BCUT2D eigenvalue weighted by molar-refractivity contribution is 6.01. The number of aromatic nitrogens is 4. The van der Waals surface area contributed by atoms with Gasteiger partial charge in [0.2, 0.25) is 0 Å². The maximum absolute atomic E-state index is 13.2. The maximum atomic E-state index is 13.2. The molecule has 0 aliphatic carbocycles. The molecule has 0 saturated carbocycles. The third-order valence-corrected chi connectivity index (χ3v) is 5.51. The first kappa shape index (κ1) is 24.5. The Morgan fingerprint density at radius 1 is 1.05 bits per heavy atom. The number of H-pyrrole nitrogens is 1. The highest BCUT2D eigenvalue weighted by Gasteiger charge is 2.31. The average Bonchev–Trinajstić information content (AvgIpc) is 3.41. The molecule has 0 saturated heterocycles. The summed E-state index contributed by atoms with van der Waals surface area (Å²) in [5.41, 5.74) is -0.192. The van der Waals surface area contributed by atoms with Crippen molar-refractivity contribution in [3.63, 3.8) is 0 Å². The Labute approximate surface area is 211 Å². The maximum Gasteiger partial charge on any atom is 0.416 e. The van der Waals surface area contributed by atoms with Crippen LogP contribution in [0.2, 0.25) is 0 Å². The zero-order valence-electron chi connectivity index (χ0n) is 19.1. The summed E-state index contributed by atoms with van der Waals surface area (Å²) in [4.78, 5) is 31.8. The number of aliphatic imine (C=N–C) groups is 1. The van der Waals surface area contributed by atoms with Crippen molar-refractivity contribution in [2.45, 2.75) is 12.3 Å². The third-order valence-electron chi connectivity index (χ3n) is 5.51. The lowest BCUT2D eigenvalue weighted by Crippen LogP contribution is -2.35. The lowest BCUT2D eigenvalue weighted by atomic mass is 10.1. The number of nitrogens with zero attached hydrogens (tertiary/aromatic N) is 5. The molecule has 1 aliphatic heterocycles. The van der Waals surface area contributed by atoms with E-state index in [0.29, 0.717) is 17.2 Å². The van der Waals surface area contributed by atoms with Crippen molar-refractivity contribution in [3.8, 4) is 5.69 Å². The first-order valence-electron chi connectivity index (χ1n) is 10.9. The Kier molecular flexibility index (Phi) is 6.26. The van der Waals surface area contributed by atoms with E-state index in [1.54, 1.807) is 12.1 Å². The predicted octanol–water partition coefficient (Wildman–Crippen LogP) is 4.09. The molecule has 1 atom stereocenters. The zero-order valence-corrected chi connectivity index (χ0v) is 19.1. The molecule has 0 radical (unpaired) electrons. The molecule has 12 nitrogen and oxygen atoms in total. The normalized spacial score (nSPS) is 14.6. The molecular weight excluding hydrogens is 507 g/mol. The summed E-state index contributed by atoms with van der Waals surface area (Å²) in [5.74, 6) is 0.301. The van der Waals surface area contributed by atoms with Gasteiger partial charge in [-0.15, -0.1) is 5.10 Å². The van der Waals surface area contributed by atoms with E-state index in [2.05, 4.69) is 36.2 Å². The number of urea groups is 1. The number of pyridine rings is 1. The molecule has 1 aliphatic rings. The van der Waals surface area contributed by atoms with Crippen molar-refractivity contribution < 1.29 is 23.2 Å². The molecule has 1 unspecified atom stereocenters. The summed E-state index contributed by atoms with van der Waals surface area (Å²) in [6, 6.07) is 9.60. The number of nitrogens with one attached hydrogen (secondary N) is 4. The number of rotatable bonds is 5. The second-order valence-corrected chi connectivity index (χ2v) is 8.01. The molecule has 194 valence electrons. The minimum absolute atomic E-state index is 0.132. The summed E-state index contributed by atoms with van der Waals surface area (Å²) in [7, 11) is 0. The van der Waals surface area contributed by atoms with Gasteiger partial charge in [0.15, 0.2) is 11.6 Å². The number of hydroxylamine groups is 2. The lowest BCUT2D eigenvalue weighted by Gasteiger charge is -2.29. The quantitative estimate of drug-likeness (QED) is 0.263. The summed E-state index contributed by atoms with van der Waals surface area (Å²) in [5, 5.41) is 26.3. The molecule has 5 N–H and O–H groups in total. The van der Waals surface area contributed by atoms with E-state index in [1.807, 2.05) is 0 Å². The number of alkyl halides is 3. The van der Waals surface area contributed by atoms with Gasteiger partial charge >= 0.3 is 12.2 Å². The Balaban J connectivity index is 1.30. The molecule has 0 bridgehead atoms. The fourth-order valence-corrected chi connectivity index (χ4v) is 3.75. The van der Waals surface area contributed by atoms with E-state index in [1.165, 1.54) is 47.5 Å². The number of hydrogen-bond acceptors (Lipinski definition) is 8. The van der Waals surface area contributed by atoms with Crippen LogP contribution in [0, 0.1) is 0 Å². The Morgan fingerprint density at radius 2 is 1.82 bits per heavy atom. The van der Waals surface area contributed by atoms with Gasteiger partial charge in [-0.2, -0.15) is 13.2 Å². The van der Waals surface area contributed by atoms with E-state index in [0.717, 1.165) is 23.5 Å². The smallest absolute Gasteiger partial charge is 0.359 e. The summed E-state index contributed by atoms with van der Waals surface area (Å²) in [6.07, 6.45) is -0.168. The van der Waals surface area contributed by atoms with Gasteiger partial charge < -0.3 is 20.9 Å². The highest BCUT2D eigenvalue weighted by atomic mass is 19.4. The minimum atomic E-state index is -4.61. The number of benzene rings is 2. The van der Waals surface area contributed by atoms with Crippen LogP contribution in [0.15, 0.2) is 76.9 Å². The van der Waals surface area contributed by atoms with Crippen LogP contribution in [-0.2, 0) is 6.18 Å². The van der Waals surface area contributed by atoms with Crippen LogP contribution < -0.4 is 21.4 Å². The number of amides is 2. The van der Waals surface area contributed by atoms with Crippen molar-refractivity contribution in [1.29, 1.82) is 0 Å². The van der Waals surface area contributed by atoms with Gasteiger partial charge in [0.1, 0.15) is 12.2 Å². The monoisotopic (exact) mass is 525 g/mol. The fraction of sp³-hybridized carbons (Fsp3) is 0.0870. The van der Waals surface area contributed by atoms with Crippen LogP contribution >= 0.6 is 0 Å². The molecule has 0 spiro atoms. The van der Waals surface area contributed by atoms with Crippen molar-refractivity contribution in [2.75, 3.05) is 16.0 Å². The van der Waals surface area contributed by atoms with Crippen LogP contribution in [0.4, 0.5) is 40.8 Å². The molecule has 2 aromatic heterocycles. The Hall–Kier alpha value is -5.18. The lowest BCUT2D eigenvalue weighted by molar-refractivity contribution is -0.137. The number of aromatic amines is 1.